The van der Waals surface area contributed by atoms with Gasteiger partial charge in [-0.05, 0) is 55.7 Å². The maximum absolute atomic E-state index is 13.1. The molecule has 1 heterocycles. The Morgan fingerprint density at radius 3 is 2.48 bits per heavy atom. The molecule has 2 aromatic rings. The lowest BCUT2D eigenvalue weighted by molar-refractivity contribution is -0.126. The fourth-order valence-corrected chi connectivity index (χ4v) is 5.51. The van der Waals surface area contributed by atoms with Gasteiger partial charge in [0.05, 0.1) is 36.1 Å². The van der Waals surface area contributed by atoms with Crippen molar-refractivity contribution in [2.45, 2.75) is 30.7 Å². The predicted molar refractivity (Wildman–Crippen MR) is 119 cm³/mol. The Labute approximate surface area is 188 Å². The van der Waals surface area contributed by atoms with E-state index in [1.165, 1.54) is 29.6 Å². The summed E-state index contributed by atoms with van der Waals surface area (Å²) in [5.74, 6) is 0.576. The van der Waals surface area contributed by atoms with Crippen molar-refractivity contribution in [1.29, 1.82) is 0 Å². The van der Waals surface area contributed by atoms with E-state index in [2.05, 4.69) is 5.32 Å². The zero-order valence-electron chi connectivity index (χ0n) is 17.8. The van der Waals surface area contributed by atoms with Crippen molar-refractivity contribution in [2.24, 2.45) is 5.92 Å². The maximum atomic E-state index is 13.1. The summed E-state index contributed by atoms with van der Waals surface area (Å²) in [5, 5.41) is 3.23. The first-order chi connectivity index (χ1) is 14.8. The van der Waals surface area contributed by atoms with Crippen molar-refractivity contribution >= 4 is 27.5 Å². The van der Waals surface area contributed by atoms with Crippen LogP contribution in [0.1, 0.15) is 31.4 Å². The molecular weight excluding hydrogens is 440 g/mol. The second-order valence-electron chi connectivity index (χ2n) is 7.50. The van der Waals surface area contributed by atoms with Gasteiger partial charge in [0.1, 0.15) is 11.5 Å². The minimum atomic E-state index is -3.76. The number of sulfonamides is 1. The SMILES string of the molecule is COc1ccc([C@@H](C)NC(=O)[C@H]2CCCN(S(=O)(=O)c3ccc(OC)c(Cl)c3)C2)cc1. The first kappa shape index (κ1) is 23.4. The van der Waals surface area contributed by atoms with Gasteiger partial charge in [-0.25, -0.2) is 8.42 Å². The summed E-state index contributed by atoms with van der Waals surface area (Å²) < 4.78 is 37.8. The van der Waals surface area contributed by atoms with Gasteiger partial charge in [-0.2, -0.15) is 4.31 Å². The van der Waals surface area contributed by atoms with Crippen LogP contribution in [0.2, 0.25) is 5.02 Å². The van der Waals surface area contributed by atoms with Gasteiger partial charge in [0.15, 0.2) is 0 Å². The summed E-state index contributed by atoms with van der Waals surface area (Å²) in [6.45, 7) is 2.40. The van der Waals surface area contributed by atoms with Crippen LogP contribution in [0, 0.1) is 5.92 Å². The van der Waals surface area contributed by atoms with E-state index in [1.807, 2.05) is 31.2 Å². The number of hydrogen-bond donors (Lipinski definition) is 1. The van der Waals surface area contributed by atoms with Crippen molar-refractivity contribution in [3.63, 3.8) is 0 Å². The monoisotopic (exact) mass is 466 g/mol. The number of carbonyl (C=O) groups is 1. The first-order valence-corrected chi connectivity index (χ1v) is 11.9. The highest BCUT2D eigenvalue weighted by atomic mass is 35.5. The van der Waals surface area contributed by atoms with Gasteiger partial charge in [-0.1, -0.05) is 23.7 Å². The summed E-state index contributed by atoms with van der Waals surface area (Å²) >= 11 is 6.11. The number of halogens is 1. The first-order valence-electron chi connectivity index (χ1n) is 10.0. The summed E-state index contributed by atoms with van der Waals surface area (Å²) in [4.78, 5) is 12.9. The Balaban J connectivity index is 1.68. The van der Waals surface area contributed by atoms with Crippen LogP contribution in [0.3, 0.4) is 0 Å². The van der Waals surface area contributed by atoms with Crippen molar-refractivity contribution in [3.05, 3.63) is 53.1 Å². The van der Waals surface area contributed by atoms with Crippen molar-refractivity contribution in [1.82, 2.24) is 9.62 Å². The molecule has 168 valence electrons. The molecule has 0 unspecified atom stereocenters. The number of methoxy groups -OCH3 is 2. The molecule has 31 heavy (non-hydrogen) atoms. The average Bonchev–Trinajstić information content (AvgIpc) is 2.79. The molecule has 1 amide bonds. The van der Waals surface area contributed by atoms with E-state index in [1.54, 1.807) is 7.11 Å². The van der Waals surface area contributed by atoms with E-state index in [0.29, 0.717) is 25.1 Å². The fourth-order valence-electron chi connectivity index (χ4n) is 3.64. The Morgan fingerprint density at radius 1 is 1.16 bits per heavy atom. The van der Waals surface area contributed by atoms with Gasteiger partial charge < -0.3 is 14.8 Å². The largest absolute Gasteiger partial charge is 0.497 e. The number of hydrogen-bond acceptors (Lipinski definition) is 5. The number of carbonyl (C=O) groups excluding carboxylic acids is 1. The smallest absolute Gasteiger partial charge is 0.243 e. The standard InChI is InChI=1S/C22H27ClN2O5S/c1-15(16-6-8-18(29-2)9-7-16)24-22(26)17-5-4-12-25(14-17)31(27,28)19-10-11-21(30-3)20(23)13-19/h6-11,13,15,17H,4-5,12,14H2,1-3H3,(H,24,26)/t15-,17+/m1/s1. The Morgan fingerprint density at radius 2 is 1.87 bits per heavy atom. The number of nitrogens with one attached hydrogen (secondary N) is 1. The molecule has 1 aliphatic rings. The van der Waals surface area contributed by atoms with Crippen LogP contribution in [0.4, 0.5) is 0 Å². The van der Waals surface area contributed by atoms with Crippen molar-refractivity contribution < 1.29 is 22.7 Å². The molecule has 0 spiro atoms. The third-order valence-corrected chi connectivity index (χ3v) is 7.65. The Hall–Kier alpha value is -2.29. The number of benzene rings is 2. The highest BCUT2D eigenvalue weighted by Crippen LogP contribution is 2.30. The maximum Gasteiger partial charge on any atom is 0.243 e. The quantitative estimate of drug-likeness (QED) is 0.673. The number of piperidine rings is 1. The predicted octanol–water partition coefficient (Wildman–Crippen LogP) is 3.64. The normalized spacial score (nSPS) is 18.3. The fraction of sp³-hybridized carbons (Fsp3) is 0.409. The topological polar surface area (TPSA) is 84.9 Å². The Bertz CT molecular complexity index is 1030. The molecule has 9 heteroatoms. The van der Waals surface area contributed by atoms with Crippen LogP contribution < -0.4 is 14.8 Å². The van der Waals surface area contributed by atoms with Crippen LogP contribution >= 0.6 is 11.6 Å². The van der Waals surface area contributed by atoms with Crippen LogP contribution in [0.5, 0.6) is 11.5 Å². The lowest BCUT2D eigenvalue weighted by atomic mass is 9.98. The second kappa shape index (κ2) is 9.89. The molecule has 0 aromatic heterocycles. The van der Waals surface area contributed by atoms with E-state index in [9.17, 15) is 13.2 Å². The van der Waals surface area contributed by atoms with Gasteiger partial charge in [-0.15, -0.1) is 0 Å². The lowest BCUT2D eigenvalue weighted by Gasteiger charge is -2.32. The lowest BCUT2D eigenvalue weighted by Crippen LogP contribution is -2.45. The molecule has 1 N–H and O–H groups in total. The summed E-state index contributed by atoms with van der Waals surface area (Å²) in [6.07, 6.45) is 1.24. The van der Waals surface area contributed by atoms with Crippen LogP contribution in [-0.2, 0) is 14.8 Å². The molecule has 0 bridgehead atoms. The van der Waals surface area contributed by atoms with E-state index in [-0.39, 0.29) is 28.4 Å². The van der Waals surface area contributed by atoms with Crippen LogP contribution in [0.15, 0.2) is 47.4 Å². The molecule has 1 saturated heterocycles. The number of ether oxygens (including phenoxy) is 2. The third-order valence-electron chi connectivity index (χ3n) is 5.49. The second-order valence-corrected chi connectivity index (χ2v) is 9.85. The van der Waals surface area contributed by atoms with E-state index in [4.69, 9.17) is 21.1 Å². The molecule has 7 nitrogen and oxygen atoms in total. The number of rotatable bonds is 7. The molecule has 2 aromatic carbocycles. The molecule has 0 aliphatic carbocycles. The number of nitrogens with zero attached hydrogens (tertiary/aromatic N) is 1. The van der Waals surface area contributed by atoms with Crippen LogP contribution in [-0.4, -0.2) is 45.9 Å². The molecule has 0 radical (unpaired) electrons. The summed E-state index contributed by atoms with van der Waals surface area (Å²) in [6, 6.07) is 11.6. The zero-order valence-corrected chi connectivity index (χ0v) is 19.4. The molecule has 1 aliphatic heterocycles. The minimum Gasteiger partial charge on any atom is -0.497 e. The molecule has 2 atom stereocenters. The van der Waals surface area contributed by atoms with Gasteiger partial charge in [-0.3, -0.25) is 4.79 Å². The minimum absolute atomic E-state index is 0.0889. The summed E-state index contributed by atoms with van der Waals surface area (Å²) in [7, 11) is -0.696. The average molecular weight is 467 g/mol. The van der Waals surface area contributed by atoms with E-state index >= 15 is 0 Å². The Kier molecular flexibility index (Phi) is 7.46. The van der Waals surface area contributed by atoms with Gasteiger partial charge >= 0.3 is 0 Å². The molecule has 0 saturated carbocycles. The molecule has 1 fully saturated rings. The van der Waals surface area contributed by atoms with Gasteiger partial charge in [0.25, 0.3) is 0 Å². The van der Waals surface area contributed by atoms with Gasteiger partial charge in [0.2, 0.25) is 15.9 Å². The number of amides is 1. The molecular formula is C22H27ClN2O5S. The van der Waals surface area contributed by atoms with Crippen LogP contribution in [0.25, 0.3) is 0 Å². The highest BCUT2D eigenvalue weighted by molar-refractivity contribution is 7.89. The summed E-state index contributed by atoms with van der Waals surface area (Å²) in [5.41, 5.74) is 0.947. The molecule has 3 rings (SSSR count). The highest BCUT2D eigenvalue weighted by Gasteiger charge is 2.34. The zero-order chi connectivity index (χ0) is 22.6. The van der Waals surface area contributed by atoms with Gasteiger partial charge in [0, 0.05) is 13.1 Å². The van der Waals surface area contributed by atoms with E-state index in [0.717, 1.165) is 11.3 Å². The third kappa shape index (κ3) is 5.31. The van der Waals surface area contributed by atoms with Crippen molar-refractivity contribution in [3.8, 4) is 11.5 Å². The van der Waals surface area contributed by atoms with Crippen molar-refractivity contribution in [2.75, 3.05) is 27.3 Å². The van der Waals surface area contributed by atoms with E-state index < -0.39 is 15.9 Å².